The molecule has 0 fully saturated rings. The fraction of sp³-hybridized carbons (Fsp3) is 0.333. The van der Waals surface area contributed by atoms with Gasteiger partial charge in [0.2, 0.25) is 11.8 Å². The molecule has 0 radical (unpaired) electrons. The molecule has 26 heavy (non-hydrogen) atoms. The van der Waals surface area contributed by atoms with Crippen LogP contribution in [0.25, 0.3) is 22.4 Å². The van der Waals surface area contributed by atoms with Crippen LogP contribution in [0.15, 0.2) is 15.3 Å². The van der Waals surface area contributed by atoms with Gasteiger partial charge < -0.3 is 5.43 Å². The molecule has 2 heterocycles. The Bertz CT molecular complexity index is 1040. The van der Waals surface area contributed by atoms with Crippen LogP contribution in [0.1, 0.15) is 13.8 Å². The third-order valence-electron chi connectivity index (χ3n) is 3.12. The van der Waals surface area contributed by atoms with Gasteiger partial charge in [-0.05, 0) is 0 Å². The number of azo groups is 1. The van der Waals surface area contributed by atoms with Gasteiger partial charge in [0.15, 0.2) is 0 Å². The highest BCUT2D eigenvalue weighted by Crippen LogP contribution is 2.32. The molecule has 136 valence electrons. The van der Waals surface area contributed by atoms with Gasteiger partial charge in [-0.25, -0.2) is 10.9 Å². The molecule has 14 heteroatoms. The van der Waals surface area contributed by atoms with Crippen molar-refractivity contribution in [3.8, 4) is 11.4 Å². The predicted octanol–water partition coefficient (Wildman–Crippen LogP) is -1.01. The summed E-state index contributed by atoms with van der Waals surface area (Å²) in [6, 6.07) is 0. The first kappa shape index (κ1) is 17.0. The average molecular weight is 360 g/mol. The Labute approximate surface area is 145 Å². The summed E-state index contributed by atoms with van der Waals surface area (Å²) in [6.45, 7) is 2.68. The summed E-state index contributed by atoms with van der Waals surface area (Å²) < 4.78 is 0. The van der Waals surface area contributed by atoms with Crippen LogP contribution in [0.2, 0.25) is 0 Å². The maximum absolute atomic E-state index is 11.3. The minimum atomic E-state index is -0.344. The van der Waals surface area contributed by atoms with Gasteiger partial charge >= 0.3 is 0 Å². The topological polar surface area (TPSA) is 172 Å². The molecule has 1 aromatic heterocycles. The van der Waals surface area contributed by atoms with Crippen molar-refractivity contribution in [2.45, 2.75) is 13.8 Å². The lowest BCUT2D eigenvalue weighted by molar-refractivity contribution is -0.116. The van der Waals surface area contributed by atoms with Gasteiger partial charge in [0, 0.05) is 27.9 Å². The lowest BCUT2D eigenvalue weighted by Gasteiger charge is -2.01. The summed E-state index contributed by atoms with van der Waals surface area (Å²) in [6.07, 6.45) is 0. The number of rotatable bonds is 4. The zero-order valence-corrected chi connectivity index (χ0v) is 14.4. The molecule has 0 aromatic carbocycles. The standard InChI is InChI=1S/C12H16N12O2/c1-5(25)17-23-19-9-7(15-13-3)11-12(8(16-14-4)10(9)20-23)22-24(21-11)18-6(2)26/h13,20H,1-4H3,(H,17,25)(H,18,26)/b15-7-,16-14?. The Hall–Kier alpha value is -3.84. The van der Waals surface area contributed by atoms with Gasteiger partial charge in [-0.3, -0.25) is 14.7 Å². The van der Waals surface area contributed by atoms with E-state index in [1.54, 1.807) is 7.05 Å². The van der Waals surface area contributed by atoms with Crippen molar-refractivity contribution in [3.63, 3.8) is 0 Å². The smallest absolute Gasteiger partial charge is 0.238 e. The minimum Gasteiger partial charge on any atom is -0.312 e. The van der Waals surface area contributed by atoms with E-state index in [-0.39, 0.29) is 11.8 Å². The summed E-state index contributed by atoms with van der Waals surface area (Å²) in [5, 5.41) is 28.0. The molecule has 2 amide bonds. The third-order valence-corrected chi connectivity index (χ3v) is 3.12. The molecule has 0 bridgehead atoms. The third kappa shape index (κ3) is 2.94. The highest BCUT2D eigenvalue weighted by atomic mass is 16.2. The number of hydrogen-bond donors (Lipinski definition) is 4. The highest BCUT2D eigenvalue weighted by Gasteiger charge is 2.25. The van der Waals surface area contributed by atoms with Crippen LogP contribution >= 0.6 is 0 Å². The number of amides is 2. The second kappa shape index (κ2) is 6.58. The Kier molecular flexibility index (Phi) is 4.30. The van der Waals surface area contributed by atoms with Crippen LogP contribution in [0.4, 0.5) is 5.69 Å². The van der Waals surface area contributed by atoms with Crippen LogP contribution in [0.5, 0.6) is 0 Å². The van der Waals surface area contributed by atoms with E-state index < -0.39 is 0 Å². The maximum atomic E-state index is 11.3. The zero-order chi connectivity index (χ0) is 18.8. The molecule has 3 rings (SSSR count). The molecule has 14 nitrogen and oxygen atoms in total. The number of aromatic nitrogens is 6. The summed E-state index contributed by atoms with van der Waals surface area (Å²) in [7, 11) is 3.12. The first-order chi connectivity index (χ1) is 12.4. The number of benzene rings is 1. The van der Waals surface area contributed by atoms with Crippen molar-refractivity contribution in [2.24, 2.45) is 15.3 Å². The number of carbonyl (C=O) groups is 2. The highest BCUT2D eigenvalue weighted by molar-refractivity contribution is 5.96. The van der Waals surface area contributed by atoms with E-state index in [1.165, 1.54) is 20.9 Å². The molecule has 1 aliphatic heterocycles. The summed E-state index contributed by atoms with van der Waals surface area (Å²) in [5.41, 5.74) is 9.43. The van der Waals surface area contributed by atoms with Crippen molar-refractivity contribution in [3.05, 3.63) is 5.36 Å². The molecule has 0 saturated carbocycles. The second-order valence-electron chi connectivity index (χ2n) is 5.10. The van der Waals surface area contributed by atoms with Gasteiger partial charge in [-0.15, -0.1) is 20.2 Å². The molecule has 0 atom stereocenters. The molecular formula is C12H16N12O2. The van der Waals surface area contributed by atoms with E-state index >= 15 is 0 Å². The average Bonchev–Trinajstić information content (AvgIpc) is 3.13. The number of nitrogens with one attached hydrogen (secondary N) is 4. The van der Waals surface area contributed by atoms with Crippen molar-refractivity contribution in [1.29, 1.82) is 0 Å². The van der Waals surface area contributed by atoms with Crippen LogP contribution in [0.3, 0.4) is 0 Å². The molecular weight excluding hydrogens is 344 g/mol. The Morgan fingerprint density at radius 2 is 1.77 bits per heavy atom. The molecule has 1 aromatic rings. The Morgan fingerprint density at radius 1 is 1.08 bits per heavy atom. The fourth-order valence-corrected chi connectivity index (χ4v) is 2.33. The Morgan fingerprint density at radius 3 is 2.38 bits per heavy atom. The zero-order valence-electron chi connectivity index (χ0n) is 14.4. The Balaban J connectivity index is 2.40. The fourth-order valence-electron chi connectivity index (χ4n) is 2.33. The minimum absolute atomic E-state index is 0.321. The van der Waals surface area contributed by atoms with E-state index in [2.05, 4.69) is 52.0 Å². The lowest BCUT2D eigenvalue weighted by atomic mass is 10.1. The van der Waals surface area contributed by atoms with E-state index in [0.717, 1.165) is 9.81 Å². The molecule has 0 unspecified atom stereocenters. The van der Waals surface area contributed by atoms with Crippen LogP contribution in [0, 0.1) is 0 Å². The first-order valence-electron chi connectivity index (χ1n) is 7.42. The van der Waals surface area contributed by atoms with Crippen LogP contribution in [-0.2, 0) is 9.59 Å². The largest absolute Gasteiger partial charge is 0.312 e. The number of carbonyl (C=O) groups excluding carboxylic acids is 2. The van der Waals surface area contributed by atoms with Gasteiger partial charge in [-0.1, -0.05) is 4.91 Å². The molecule has 4 N–H and O–H groups in total. The van der Waals surface area contributed by atoms with Gasteiger partial charge in [0.05, 0.1) is 0 Å². The quantitative estimate of drug-likeness (QED) is 0.343. The number of fused-ring (bicyclic) bond motifs is 2. The second-order valence-corrected chi connectivity index (χ2v) is 5.10. The summed E-state index contributed by atoms with van der Waals surface area (Å²) in [5.74, 6) is -0.665. The SMILES string of the molecule is CN=Nc1c2[nH]n(NC(C)=O)nc-2/c(=N/NC)c2nn(NC(C)=O)nc12. The molecule has 0 saturated heterocycles. The predicted molar refractivity (Wildman–Crippen MR) is 89.4 cm³/mol. The molecule has 1 aliphatic carbocycles. The van der Waals surface area contributed by atoms with Gasteiger partial charge in [0.1, 0.15) is 33.5 Å². The van der Waals surface area contributed by atoms with Crippen molar-refractivity contribution < 1.29 is 9.59 Å². The van der Waals surface area contributed by atoms with Gasteiger partial charge in [0.25, 0.3) is 0 Å². The lowest BCUT2D eigenvalue weighted by Crippen LogP contribution is -2.23. The normalized spacial score (nSPS) is 12.2. The number of hydrogen-bond acceptors (Lipinski definition) is 9. The number of H-pyrrole nitrogens is 1. The maximum Gasteiger partial charge on any atom is 0.238 e. The van der Waals surface area contributed by atoms with Crippen molar-refractivity contribution in [1.82, 2.24) is 35.6 Å². The van der Waals surface area contributed by atoms with E-state index in [1.807, 2.05) is 0 Å². The van der Waals surface area contributed by atoms with Crippen molar-refractivity contribution in [2.75, 3.05) is 24.9 Å². The van der Waals surface area contributed by atoms with Crippen LogP contribution < -0.4 is 21.6 Å². The number of aromatic amines is 1. The number of nitrogens with zero attached hydrogens (tertiary/aromatic N) is 8. The van der Waals surface area contributed by atoms with E-state index in [9.17, 15) is 9.59 Å². The summed E-state index contributed by atoms with van der Waals surface area (Å²) >= 11 is 0. The molecule has 0 spiro atoms. The van der Waals surface area contributed by atoms with Gasteiger partial charge in [-0.2, -0.15) is 15.3 Å². The van der Waals surface area contributed by atoms with E-state index in [0.29, 0.717) is 33.5 Å². The first-order valence-corrected chi connectivity index (χ1v) is 7.42. The monoisotopic (exact) mass is 360 g/mol. The van der Waals surface area contributed by atoms with E-state index in [4.69, 9.17) is 0 Å². The van der Waals surface area contributed by atoms with Crippen molar-refractivity contribution >= 4 is 28.5 Å². The summed E-state index contributed by atoms with van der Waals surface area (Å²) in [4.78, 5) is 24.8. The van der Waals surface area contributed by atoms with Crippen LogP contribution in [-0.4, -0.2) is 56.1 Å². The molecule has 2 aliphatic rings.